The number of anilines is 1. The van der Waals surface area contributed by atoms with E-state index in [1.807, 2.05) is 24.3 Å². The van der Waals surface area contributed by atoms with Gasteiger partial charge in [-0.25, -0.2) is 0 Å². The van der Waals surface area contributed by atoms with E-state index in [1.165, 1.54) is 6.26 Å². The summed E-state index contributed by atoms with van der Waals surface area (Å²) < 4.78 is 16.0. The van der Waals surface area contributed by atoms with Gasteiger partial charge in [-0.1, -0.05) is 23.7 Å². The second-order valence-electron chi connectivity index (χ2n) is 7.86. The number of hydrogen-bond donors (Lipinski definition) is 1. The Bertz CT molecular complexity index is 1120. The minimum absolute atomic E-state index is 0.187. The van der Waals surface area contributed by atoms with E-state index in [-0.39, 0.29) is 16.7 Å². The fourth-order valence-electron chi connectivity index (χ4n) is 4.17. The van der Waals surface area contributed by atoms with Crippen LogP contribution >= 0.6 is 11.6 Å². The number of furan rings is 1. The first-order valence-electron chi connectivity index (χ1n) is 10.6. The number of carbonyl (C=O) groups is 2. The number of nitrogens with zero attached hydrogens (tertiary/aromatic N) is 1. The number of halogens is 1. The molecule has 0 bridgehead atoms. The van der Waals surface area contributed by atoms with Crippen LogP contribution in [0.4, 0.5) is 5.69 Å². The molecule has 7 nitrogen and oxygen atoms in total. The lowest BCUT2D eigenvalue weighted by Gasteiger charge is -2.45. The average Bonchev–Trinajstić information content (AvgIpc) is 3.39. The Balaban J connectivity index is 1.59. The van der Waals surface area contributed by atoms with Gasteiger partial charge >= 0.3 is 0 Å². The molecule has 2 heterocycles. The van der Waals surface area contributed by atoms with E-state index in [2.05, 4.69) is 5.32 Å². The van der Waals surface area contributed by atoms with Crippen molar-refractivity contribution in [3.8, 4) is 5.75 Å². The van der Waals surface area contributed by atoms with Crippen molar-refractivity contribution in [1.82, 2.24) is 4.90 Å². The molecule has 0 atom stereocenters. The summed E-state index contributed by atoms with van der Waals surface area (Å²) in [5.74, 6) is 0.340. The minimum atomic E-state index is -0.531. The molecule has 0 saturated carbocycles. The van der Waals surface area contributed by atoms with Gasteiger partial charge in [0.05, 0.1) is 29.5 Å². The van der Waals surface area contributed by atoms with Gasteiger partial charge in [0.15, 0.2) is 5.76 Å². The predicted molar refractivity (Wildman–Crippen MR) is 125 cm³/mol. The van der Waals surface area contributed by atoms with Crippen molar-refractivity contribution in [2.24, 2.45) is 0 Å². The van der Waals surface area contributed by atoms with Crippen molar-refractivity contribution >= 4 is 29.1 Å². The monoisotopic (exact) mass is 468 g/mol. The summed E-state index contributed by atoms with van der Waals surface area (Å²) in [7, 11) is 3.42. The number of carbonyl (C=O) groups excluding carboxylic acids is 2. The van der Waals surface area contributed by atoms with Crippen LogP contribution in [0.2, 0.25) is 5.02 Å². The number of amides is 2. The van der Waals surface area contributed by atoms with Crippen molar-refractivity contribution in [3.05, 3.63) is 82.8 Å². The summed E-state index contributed by atoms with van der Waals surface area (Å²) in [4.78, 5) is 27.5. The summed E-state index contributed by atoms with van der Waals surface area (Å²) >= 11 is 6.48. The molecule has 0 unspecified atom stereocenters. The first kappa shape index (κ1) is 22.9. The summed E-state index contributed by atoms with van der Waals surface area (Å²) in [6.45, 7) is 1.10. The highest BCUT2D eigenvalue weighted by molar-refractivity contribution is 6.34. The lowest BCUT2D eigenvalue weighted by molar-refractivity contribution is -0.0138. The van der Waals surface area contributed by atoms with E-state index < -0.39 is 11.4 Å². The highest BCUT2D eigenvalue weighted by atomic mass is 35.5. The number of nitrogens with one attached hydrogen (secondary N) is 1. The molecule has 1 aromatic heterocycles. The Labute approximate surface area is 197 Å². The molecule has 0 aliphatic carbocycles. The summed E-state index contributed by atoms with van der Waals surface area (Å²) in [6.07, 6.45) is 2.75. The van der Waals surface area contributed by atoms with Crippen molar-refractivity contribution in [2.45, 2.75) is 18.4 Å². The van der Waals surface area contributed by atoms with Gasteiger partial charge in [-0.05, 0) is 60.9 Å². The van der Waals surface area contributed by atoms with E-state index in [0.29, 0.717) is 37.3 Å². The topological polar surface area (TPSA) is 81.0 Å². The van der Waals surface area contributed by atoms with Crippen LogP contribution in [0.1, 0.15) is 39.3 Å². The Morgan fingerprint density at radius 1 is 1.09 bits per heavy atom. The van der Waals surface area contributed by atoms with Gasteiger partial charge < -0.3 is 24.1 Å². The lowest BCUT2D eigenvalue weighted by Crippen LogP contribution is -2.50. The number of methoxy groups -OCH3 is 1. The molecule has 1 fully saturated rings. The number of hydrogen-bond acceptors (Lipinski definition) is 5. The maximum atomic E-state index is 13.6. The molecule has 33 heavy (non-hydrogen) atoms. The number of benzene rings is 2. The predicted octanol–water partition coefficient (Wildman–Crippen LogP) is 4.97. The van der Waals surface area contributed by atoms with E-state index >= 15 is 0 Å². The Kier molecular flexibility index (Phi) is 6.72. The van der Waals surface area contributed by atoms with Crippen LogP contribution in [-0.2, 0) is 10.3 Å². The standard InChI is InChI=1S/C25H25ClN2O5/c1-28(25(11-14-32-15-12-25)17-5-8-19(31-2)9-6-17)24(30)20-10-7-18(16-21(20)26)27-23(29)22-4-3-13-33-22/h3-10,13,16H,11-12,14-15H2,1-2H3,(H,27,29). The van der Waals surface area contributed by atoms with E-state index in [0.717, 1.165) is 11.3 Å². The molecule has 1 aliphatic heterocycles. The third-order valence-corrected chi connectivity index (χ3v) is 6.41. The maximum absolute atomic E-state index is 13.6. The molecule has 1 N–H and O–H groups in total. The lowest BCUT2D eigenvalue weighted by atomic mass is 9.81. The Morgan fingerprint density at radius 2 is 1.82 bits per heavy atom. The summed E-state index contributed by atoms with van der Waals surface area (Å²) in [6, 6.07) is 15.8. The molecule has 172 valence electrons. The second kappa shape index (κ2) is 9.68. The zero-order valence-electron chi connectivity index (χ0n) is 18.5. The van der Waals surface area contributed by atoms with Gasteiger partial charge in [-0.15, -0.1) is 0 Å². The molecule has 3 aromatic rings. The second-order valence-corrected chi connectivity index (χ2v) is 8.27. The maximum Gasteiger partial charge on any atom is 0.291 e. The highest BCUT2D eigenvalue weighted by Crippen LogP contribution is 2.39. The van der Waals surface area contributed by atoms with Crippen LogP contribution in [0.15, 0.2) is 65.3 Å². The molecule has 2 aromatic carbocycles. The highest BCUT2D eigenvalue weighted by Gasteiger charge is 2.41. The molecule has 0 spiro atoms. The molecule has 0 radical (unpaired) electrons. The van der Waals surface area contributed by atoms with Gasteiger partial charge in [0.25, 0.3) is 11.8 Å². The molecule has 8 heteroatoms. The van der Waals surface area contributed by atoms with Crippen molar-refractivity contribution in [2.75, 3.05) is 32.7 Å². The van der Waals surface area contributed by atoms with Crippen molar-refractivity contribution in [3.63, 3.8) is 0 Å². The van der Waals surface area contributed by atoms with Crippen LogP contribution in [0, 0.1) is 0 Å². The third-order valence-electron chi connectivity index (χ3n) is 6.10. The number of rotatable bonds is 6. The zero-order chi connectivity index (χ0) is 23.4. The summed E-state index contributed by atoms with van der Waals surface area (Å²) in [5.41, 5.74) is 1.31. The summed E-state index contributed by atoms with van der Waals surface area (Å²) in [5, 5.41) is 2.97. The van der Waals surface area contributed by atoms with E-state index in [1.54, 1.807) is 49.4 Å². The normalized spacial score (nSPS) is 15.0. The quantitative estimate of drug-likeness (QED) is 0.552. The molecule has 1 aliphatic rings. The van der Waals surface area contributed by atoms with Crippen LogP contribution in [0.5, 0.6) is 5.75 Å². The van der Waals surface area contributed by atoms with Crippen LogP contribution < -0.4 is 10.1 Å². The smallest absolute Gasteiger partial charge is 0.291 e. The van der Waals surface area contributed by atoms with Gasteiger partial charge in [0.2, 0.25) is 0 Å². The first-order valence-corrected chi connectivity index (χ1v) is 11.0. The number of ether oxygens (including phenoxy) is 2. The van der Waals surface area contributed by atoms with Gasteiger partial charge in [0.1, 0.15) is 5.75 Å². The fourth-order valence-corrected chi connectivity index (χ4v) is 4.43. The Morgan fingerprint density at radius 3 is 2.42 bits per heavy atom. The average molecular weight is 469 g/mol. The van der Waals surface area contributed by atoms with Crippen LogP contribution in [-0.4, -0.2) is 44.1 Å². The van der Waals surface area contributed by atoms with Crippen LogP contribution in [0.25, 0.3) is 0 Å². The largest absolute Gasteiger partial charge is 0.497 e. The van der Waals surface area contributed by atoms with Crippen molar-refractivity contribution < 1.29 is 23.5 Å². The molecule has 1 saturated heterocycles. The fraction of sp³-hybridized carbons (Fsp3) is 0.280. The molecule has 2 amide bonds. The molecular formula is C25H25ClN2O5. The zero-order valence-corrected chi connectivity index (χ0v) is 19.2. The molecular weight excluding hydrogens is 444 g/mol. The van der Waals surface area contributed by atoms with E-state index in [9.17, 15) is 9.59 Å². The minimum Gasteiger partial charge on any atom is -0.497 e. The Hall–Kier alpha value is -3.29. The van der Waals surface area contributed by atoms with Gasteiger partial charge in [-0.2, -0.15) is 0 Å². The third kappa shape index (κ3) is 4.60. The van der Waals surface area contributed by atoms with E-state index in [4.69, 9.17) is 25.5 Å². The van der Waals surface area contributed by atoms with Gasteiger partial charge in [-0.3, -0.25) is 9.59 Å². The SMILES string of the molecule is COc1ccc(C2(N(C)C(=O)c3ccc(NC(=O)c4ccco4)cc3Cl)CCOCC2)cc1. The first-order chi connectivity index (χ1) is 15.9. The van der Waals surface area contributed by atoms with Crippen LogP contribution in [0.3, 0.4) is 0 Å². The molecule has 4 rings (SSSR count). The van der Waals surface area contributed by atoms with Crippen molar-refractivity contribution in [1.29, 1.82) is 0 Å². The van der Waals surface area contributed by atoms with Gasteiger partial charge in [0, 0.05) is 25.9 Å².